The van der Waals surface area contributed by atoms with Crippen LogP contribution in [0.1, 0.15) is 86.0 Å². The lowest BCUT2D eigenvalue weighted by atomic mass is 9.61. The van der Waals surface area contributed by atoms with Gasteiger partial charge in [-0.1, -0.05) is 59.8 Å². The van der Waals surface area contributed by atoms with Crippen LogP contribution in [0.2, 0.25) is 0 Å². The largest absolute Gasteiger partial charge is 0.544 e. The molecule has 1 aliphatic carbocycles. The quantitative estimate of drug-likeness (QED) is 0.572. The second kappa shape index (κ2) is 6.96. The minimum absolute atomic E-state index is 0.222. The Kier molecular flexibility index (Phi) is 6.16. The van der Waals surface area contributed by atoms with Crippen molar-refractivity contribution < 1.29 is 4.43 Å². The van der Waals surface area contributed by atoms with Gasteiger partial charge in [-0.05, 0) is 36.2 Å². The second-order valence-electron chi connectivity index (χ2n) is 7.35. The van der Waals surface area contributed by atoms with E-state index in [2.05, 4.69) is 45.1 Å². The van der Waals surface area contributed by atoms with Gasteiger partial charge in [0.1, 0.15) is 0 Å². The molecule has 0 N–H and O–H groups in total. The van der Waals surface area contributed by atoms with Gasteiger partial charge in [-0.2, -0.15) is 0 Å². The summed E-state index contributed by atoms with van der Waals surface area (Å²) < 4.78 is 5.55. The van der Waals surface area contributed by atoms with Crippen LogP contribution in [-0.4, -0.2) is 10.5 Å². The van der Waals surface area contributed by atoms with Crippen LogP contribution < -0.4 is 0 Å². The zero-order chi connectivity index (χ0) is 14.5. The van der Waals surface area contributed by atoms with Gasteiger partial charge in [0.05, 0.1) is 5.76 Å². The first-order chi connectivity index (χ1) is 8.83. The van der Waals surface area contributed by atoms with Crippen LogP contribution in [0.5, 0.6) is 0 Å². The third-order valence-corrected chi connectivity index (χ3v) is 5.60. The molecule has 19 heavy (non-hydrogen) atoms. The summed E-state index contributed by atoms with van der Waals surface area (Å²) in [4.78, 5) is 0. The van der Waals surface area contributed by atoms with E-state index in [-0.39, 0.29) is 10.8 Å². The van der Waals surface area contributed by atoms with Crippen LogP contribution >= 0.6 is 0 Å². The van der Waals surface area contributed by atoms with Crippen molar-refractivity contribution in [3.05, 3.63) is 11.3 Å². The van der Waals surface area contributed by atoms with Gasteiger partial charge in [0.2, 0.25) is 0 Å². The Morgan fingerprint density at radius 3 is 2.05 bits per heavy atom. The molecule has 0 bridgehead atoms. The smallest absolute Gasteiger partial charge is 0.340 e. The van der Waals surface area contributed by atoms with E-state index in [1.807, 2.05) is 0 Å². The zero-order valence-electron chi connectivity index (χ0n) is 13.6. The van der Waals surface area contributed by atoms with E-state index in [9.17, 15) is 0 Å². The number of hydrogen-bond acceptors (Lipinski definition) is 1. The summed E-state index contributed by atoms with van der Waals surface area (Å²) in [6, 6.07) is 0. The summed E-state index contributed by atoms with van der Waals surface area (Å²) in [6.45, 7) is 11.8. The highest BCUT2D eigenvalue weighted by atomic mass is 28.2. The lowest BCUT2D eigenvalue weighted by Crippen LogP contribution is -2.35. The number of hydrogen-bond donors (Lipinski definition) is 0. The third-order valence-electron chi connectivity index (χ3n) is 5.36. The number of allylic oxidation sites excluding steroid dienone is 2. The van der Waals surface area contributed by atoms with E-state index in [1.165, 1.54) is 50.5 Å². The summed E-state index contributed by atoms with van der Waals surface area (Å²) in [5.74, 6) is 1.16. The molecular formula is C17H31OSi. The predicted molar refractivity (Wildman–Crippen MR) is 84.0 cm³/mol. The maximum Gasteiger partial charge on any atom is 0.340 e. The minimum atomic E-state index is 0.222. The normalized spacial score (nSPS) is 31.7. The summed E-state index contributed by atoms with van der Waals surface area (Å²) in [5, 5.41) is 0. The molecule has 0 saturated carbocycles. The Morgan fingerprint density at radius 2 is 1.53 bits per heavy atom. The molecule has 0 aromatic heterocycles. The fraction of sp³-hybridized carbons (Fsp3) is 0.882. The summed E-state index contributed by atoms with van der Waals surface area (Å²) >= 11 is 0. The molecule has 0 amide bonds. The van der Waals surface area contributed by atoms with Crippen LogP contribution in [-0.2, 0) is 4.43 Å². The van der Waals surface area contributed by atoms with Crippen LogP contribution in [0.3, 0.4) is 0 Å². The first kappa shape index (κ1) is 16.8. The molecule has 0 aliphatic heterocycles. The molecule has 109 valence electrons. The highest BCUT2D eigenvalue weighted by molar-refractivity contribution is 5.98. The molecule has 1 rings (SSSR count). The maximum absolute atomic E-state index is 5.55. The first-order valence-electron chi connectivity index (χ1n) is 7.87. The van der Waals surface area contributed by atoms with Crippen molar-refractivity contribution in [3.8, 4) is 0 Å². The van der Waals surface area contributed by atoms with Crippen LogP contribution in [0.25, 0.3) is 0 Å². The third kappa shape index (κ3) is 4.11. The lowest BCUT2D eigenvalue weighted by molar-refractivity contribution is 0.130. The van der Waals surface area contributed by atoms with E-state index < -0.39 is 0 Å². The molecule has 2 heteroatoms. The lowest BCUT2D eigenvalue weighted by Gasteiger charge is -2.44. The Labute approximate surface area is 123 Å². The monoisotopic (exact) mass is 279 g/mol. The zero-order valence-corrected chi connectivity index (χ0v) is 14.6. The van der Waals surface area contributed by atoms with Gasteiger partial charge in [0.25, 0.3) is 0 Å². The van der Waals surface area contributed by atoms with Gasteiger partial charge >= 0.3 is 10.5 Å². The molecule has 1 nitrogen and oxygen atoms in total. The van der Waals surface area contributed by atoms with Crippen molar-refractivity contribution in [2.45, 2.75) is 86.0 Å². The highest BCUT2D eigenvalue weighted by Crippen LogP contribution is 2.49. The molecule has 0 fully saturated rings. The molecule has 0 aromatic rings. The predicted octanol–water partition coefficient (Wildman–Crippen LogP) is 5.55. The highest BCUT2D eigenvalue weighted by Gasteiger charge is 2.39. The maximum atomic E-state index is 5.55. The number of rotatable bonds is 1. The Morgan fingerprint density at radius 1 is 1.00 bits per heavy atom. The summed E-state index contributed by atoms with van der Waals surface area (Å²) in [6.07, 6.45) is 10.4. The van der Waals surface area contributed by atoms with Gasteiger partial charge < -0.3 is 4.43 Å². The van der Waals surface area contributed by atoms with Gasteiger partial charge in [-0.15, -0.1) is 0 Å². The Hall–Kier alpha value is -0.243. The van der Waals surface area contributed by atoms with Crippen molar-refractivity contribution in [1.82, 2.24) is 0 Å². The Bertz CT molecular complexity index is 314. The van der Waals surface area contributed by atoms with Crippen molar-refractivity contribution in [1.29, 1.82) is 0 Å². The summed E-state index contributed by atoms with van der Waals surface area (Å²) in [7, 11) is 3.29. The van der Waals surface area contributed by atoms with Gasteiger partial charge in [0.15, 0.2) is 0 Å². The van der Waals surface area contributed by atoms with E-state index >= 15 is 0 Å². The topological polar surface area (TPSA) is 9.23 Å². The average Bonchev–Trinajstić information content (AvgIpc) is 2.36. The molecule has 1 aliphatic rings. The Balaban J connectivity index is 3.10. The van der Waals surface area contributed by atoms with E-state index in [0.29, 0.717) is 0 Å². The van der Waals surface area contributed by atoms with E-state index in [4.69, 9.17) is 4.43 Å². The first-order valence-corrected chi connectivity index (χ1v) is 8.27. The van der Waals surface area contributed by atoms with Crippen molar-refractivity contribution in [2.75, 3.05) is 0 Å². The van der Waals surface area contributed by atoms with Crippen molar-refractivity contribution in [2.24, 2.45) is 10.8 Å². The summed E-state index contributed by atoms with van der Waals surface area (Å²) in [5.41, 5.74) is 1.93. The van der Waals surface area contributed by atoms with Crippen molar-refractivity contribution >= 4 is 10.5 Å². The van der Waals surface area contributed by atoms with Crippen molar-refractivity contribution in [3.63, 3.8) is 0 Å². The van der Waals surface area contributed by atoms with Crippen LogP contribution in [0.15, 0.2) is 11.3 Å². The minimum Gasteiger partial charge on any atom is -0.544 e. The molecule has 0 saturated heterocycles. The SMILES string of the molecule is C/C1=C(\O[Si])CCCCCCCCC1(C)C(C)(C)C. The standard InChI is InChI=1S/C17H31OSi/c1-14-15(18-19)12-10-8-6-7-9-11-13-17(14,5)16(2,3)4/h6-13H2,1-5H3/b15-14+. The molecule has 3 radical (unpaired) electrons. The van der Waals surface area contributed by atoms with E-state index in [0.717, 1.165) is 12.2 Å². The fourth-order valence-corrected chi connectivity index (χ4v) is 3.47. The molecule has 1 atom stereocenters. The van der Waals surface area contributed by atoms with Crippen LogP contribution in [0, 0.1) is 10.8 Å². The fourth-order valence-electron chi connectivity index (χ4n) is 3.22. The van der Waals surface area contributed by atoms with Gasteiger partial charge in [-0.25, -0.2) is 0 Å². The molecule has 1 unspecified atom stereocenters. The van der Waals surface area contributed by atoms with Crippen LogP contribution in [0.4, 0.5) is 0 Å². The molecule has 0 spiro atoms. The van der Waals surface area contributed by atoms with Gasteiger partial charge in [-0.3, -0.25) is 0 Å². The van der Waals surface area contributed by atoms with Gasteiger partial charge in [0, 0.05) is 6.42 Å². The molecular weight excluding hydrogens is 248 g/mol. The molecule has 0 aromatic carbocycles. The van der Waals surface area contributed by atoms with E-state index in [1.54, 1.807) is 0 Å². The second-order valence-corrected chi connectivity index (χ2v) is 7.56. The average molecular weight is 280 g/mol. The molecule has 0 heterocycles.